The molecule has 1 saturated heterocycles. The highest BCUT2D eigenvalue weighted by molar-refractivity contribution is 5.94. The van der Waals surface area contributed by atoms with Crippen LogP contribution in [0.5, 0.6) is 0 Å². The van der Waals surface area contributed by atoms with Gasteiger partial charge in [-0.3, -0.25) is 14.5 Å². The fourth-order valence-electron chi connectivity index (χ4n) is 4.44. The number of nitrogens with zero attached hydrogens (tertiary/aromatic N) is 3. The summed E-state index contributed by atoms with van der Waals surface area (Å²) in [5, 5.41) is 12.6. The summed E-state index contributed by atoms with van der Waals surface area (Å²) in [6, 6.07) is 19.1. The highest BCUT2D eigenvalue weighted by Gasteiger charge is 2.43. The number of likely N-dealkylation sites (N-methyl/N-ethyl adjacent to an activating group) is 1. The zero-order chi connectivity index (χ0) is 26.1. The van der Waals surface area contributed by atoms with Crippen LogP contribution in [0.15, 0.2) is 60.7 Å². The summed E-state index contributed by atoms with van der Waals surface area (Å²) >= 11 is 0. The Kier molecular flexibility index (Phi) is 9.46. The number of hydrogen-bond acceptors (Lipinski definition) is 5. The van der Waals surface area contributed by atoms with E-state index in [1.54, 1.807) is 19.1 Å². The standard InChI is InChI=1S/C28H34N4O4/c1-4-31(28(35)36-19-21-11-7-5-8-12-21)25(15-20(2)3)27(34)32-18-22(16-24(32)17-29)26(33)30-23-13-9-6-10-14-23/h5-14,20,22,24-25H,4,15-16,18-19H2,1-3H3,(H,30,33). The third-order valence-corrected chi connectivity index (χ3v) is 6.28. The molecule has 1 aliphatic rings. The summed E-state index contributed by atoms with van der Waals surface area (Å²) in [5.41, 5.74) is 1.52. The Hall–Kier alpha value is -3.86. The van der Waals surface area contributed by atoms with Crippen molar-refractivity contribution in [2.24, 2.45) is 11.8 Å². The van der Waals surface area contributed by atoms with Gasteiger partial charge in [0.1, 0.15) is 18.7 Å². The second-order valence-corrected chi connectivity index (χ2v) is 9.39. The Balaban J connectivity index is 1.73. The first kappa shape index (κ1) is 26.7. The summed E-state index contributed by atoms with van der Waals surface area (Å²) in [6.45, 7) is 6.26. The Labute approximate surface area is 212 Å². The second-order valence-electron chi connectivity index (χ2n) is 9.39. The van der Waals surface area contributed by atoms with E-state index < -0.39 is 24.1 Å². The van der Waals surface area contributed by atoms with Crippen molar-refractivity contribution in [1.82, 2.24) is 9.80 Å². The van der Waals surface area contributed by atoms with E-state index in [1.165, 1.54) is 9.80 Å². The van der Waals surface area contributed by atoms with Crippen molar-refractivity contribution >= 4 is 23.6 Å². The molecule has 1 heterocycles. The summed E-state index contributed by atoms with van der Waals surface area (Å²) in [4.78, 5) is 42.5. The van der Waals surface area contributed by atoms with E-state index in [-0.39, 0.29) is 43.8 Å². The number of ether oxygens (including phenoxy) is 1. The van der Waals surface area contributed by atoms with Crippen LogP contribution in [0.25, 0.3) is 0 Å². The number of nitrogens with one attached hydrogen (secondary N) is 1. The van der Waals surface area contributed by atoms with Crippen molar-refractivity contribution in [3.8, 4) is 6.07 Å². The normalized spacial score (nSPS) is 17.8. The van der Waals surface area contributed by atoms with Gasteiger partial charge in [0.05, 0.1) is 12.0 Å². The molecule has 1 fully saturated rings. The van der Waals surface area contributed by atoms with Crippen LogP contribution in [-0.4, -0.2) is 52.9 Å². The average molecular weight is 491 g/mol. The minimum Gasteiger partial charge on any atom is -0.445 e. The molecule has 3 unspecified atom stereocenters. The molecule has 8 nitrogen and oxygen atoms in total. The molecule has 3 atom stereocenters. The number of amides is 3. The number of benzene rings is 2. The number of para-hydroxylation sites is 1. The van der Waals surface area contributed by atoms with Gasteiger partial charge in [-0.2, -0.15) is 5.26 Å². The van der Waals surface area contributed by atoms with Crippen LogP contribution in [0.3, 0.4) is 0 Å². The lowest BCUT2D eigenvalue weighted by Gasteiger charge is -2.34. The van der Waals surface area contributed by atoms with Crippen molar-refractivity contribution in [1.29, 1.82) is 5.26 Å². The van der Waals surface area contributed by atoms with Crippen LogP contribution in [0.1, 0.15) is 39.2 Å². The van der Waals surface area contributed by atoms with Crippen molar-refractivity contribution < 1.29 is 19.1 Å². The number of rotatable bonds is 9. The topological polar surface area (TPSA) is 103 Å². The molecule has 0 saturated carbocycles. The molecule has 0 spiro atoms. The molecule has 0 aromatic heterocycles. The van der Waals surface area contributed by atoms with Crippen LogP contribution in [-0.2, 0) is 20.9 Å². The van der Waals surface area contributed by atoms with Gasteiger partial charge in [-0.1, -0.05) is 62.4 Å². The predicted molar refractivity (Wildman–Crippen MR) is 137 cm³/mol. The molecule has 0 radical (unpaired) electrons. The summed E-state index contributed by atoms with van der Waals surface area (Å²) < 4.78 is 5.52. The molecule has 0 aliphatic carbocycles. The zero-order valence-corrected chi connectivity index (χ0v) is 21.1. The maximum Gasteiger partial charge on any atom is 0.410 e. The monoisotopic (exact) mass is 490 g/mol. The van der Waals surface area contributed by atoms with Gasteiger partial charge in [-0.05, 0) is 43.4 Å². The largest absolute Gasteiger partial charge is 0.445 e. The lowest BCUT2D eigenvalue weighted by molar-refractivity contribution is -0.137. The first-order chi connectivity index (χ1) is 17.3. The molecule has 0 bridgehead atoms. The third-order valence-electron chi connectivity index (χ3n) is 6.28. The van der Waals surface area contributed by atoms with Crippen molar-refractivity contribution in [2.75, 3.05) is 18.4 Å². The van der Waals surface area contributed by atoms with Gasteiger partial charge in [0.15, 0.2) is 0 Å². The zero-order valence-electron chi connectivity index (χ0n) is 21.1. The van der Waals surface area contributed by atoms with E-state index in [9.17, 15) is 19.6 Å². The van der Waals surface area contributed by atoms with Crippen molar-refractivity contribution in [3.05, 3.63) is 66.2 Å². The van der Waals surface area contributed by atoms with Gasteiger partial charge in [-0.25, -0.2) is 4.79 Å². The smallest absolute Gasteiger partial charge is 0.410 e. The van der Waals surface area contributed by atoms with Crippen LogP contribution in [0.4, 0.5) is 10.5 Å². The maximum atomic E-state index is 13.7. The Bertz CT molecular complexity index is 1070. The molecule has 8 heteroatoms. The summed E-state index contributed by atoms with van der Waals surface area (Å²) in [7, 11) is 0. The van der Waals surface area contributed by atoms with E-state index in [0.29, 0.717) is 12.1 Å². The van der Waals surface area contributed by atoms with Gasteiger partial charge in [0.2, 0.25) is 11.8 Å². The van der Waals surface area contributed by atoms with E-state index in [1.807, 2.05) is 62.4 Å². The molecular weight excluding hydrogens is 456 g/mol. The van der Waals surface area contributed by atoms with Gasteiger partial charge >= 0.3 is 6.09 Å². The lowest BCUT2D eigenvalue weighted by Crippen LogP contribution is -2.52. The van der Waals surface area contributed by atoms with E-state index in [4.69, 9.17) is 4.74 Å². The highest BCUT2D eigenvalue weighted by Crippen LogP contribution is 2.27. The van der Waals surface area contributed by atoms with Crippen LogP contribution in [0, 0.1) is 23.2 Å². The second kappa shape index (κ2) is 12.7. The van der Waals surface area contributed by atoms with Gasteiger partial charge in [0, 0.05) is 18.8 Å². The highest BCUT2D eigenvalue weighted by atomic mass is 16.6. The van der Waals surface area contributed by atoms with Crippen LogP contribution in [0.2, 0.25) is 0 Å². The molecule has 190 valence electrons. The first-order valence-corrected chi connectivity index (χ1v) is 12.4. The minimum absolute atomic E-state index is 0.102. The van der Waals surface area contributed by atoms with Crippen molar-refractivity contribution in [2.45, 2.75) is 52.3 Å². The van der Waals surface area contributed by atoms with E-state index in [0.717, 1.165) is 5.56 Å². The summed E-state index contributed by atoms with van der Waals surface area (Å²) in [6.07, 6.45) is 0.0918. The molecule has 36 heavy (non-hydrogen) atoms. The SMILES string of the molecule is CCN(C(=O)OCc1ccccc1)C(CC(C)C)C(=O)N1CC(C(=O)Nc2ccccc2)CC1C#N. The number of hydrogen-bond donors (Lipinski definition) is 1. The molecule has 2 aromatic rings. The number of nitriles is 1. The Morgan fingerprint density at radius 3 is 2.33 bits per heavy atom. The molecule has 1 N–H and O–H groups in total. The third kappa shape index (κ3) is 6.85. The van der Waals surface area contributed by atoms with Crippen LogP contribution >= 0.6 is 0 Å². The molecule has 2 aromatic carbocycles. The maximum absolute atomic E-state index is 13.7. The summed E-state index contributed by atoms with van der Waals surface area (Å²) in [5.74, 6) is -0.954. The quantitative estimate of drug-likeness (QED) is 0.560. The van der Waals surface area contributed by atoms with Gasteiger partial charge < -0.3 is 15.0 Å². The van der Waals surface area contributed by atoms with Crippen molar-refractivity contribution in [3.63, 3.8) is 0 Å². The lowest BCUT2D eigenvalue weighted by atomic mass is 10.0. The average Bonchev–Trinajstić information content (AvgIpc) is 3.33. The number of likely N-dealkylation sites (tertiary alicyclic amines) is 1. The minimum atomic E-state index is -0.787. The van der Waals surface area contributed by atoms with Crippen LogP contribution < -0.4 is 5.32 Å². The molecule has 3 amide bonds. The first-order valence-electron chi connectivity index (χ1n) is 12.4. The number of carbonyl (C=O) groups is 3. The fourth-order valence-corrected chi connectivity index (χ4v) is 4.44. The number of anilines is 1. The fraction of sp³-hybridized carbons (Fsp3) is 0.429. The molecule has 3 rings (SSSR count). The molecule has 1 aliphatic heterocycles. The van der Waals surface area contributed by atoms with Gasteiger partial charge in [-0.15, -0.1) is 0 Å². The molecular formula is C28H34N4O4. The van der Waals surface area contributed by atoms with E-state index >= 15 is 0 Å². The predicted octanol–water partition coefficient (Wildman–Crippen LogP) is 4.44. The van der Waals surface area contributed by atoms with Gasteiger partial charge in [0.25, 0.3) is 0 Å². The number of carbonyl (C=O) groups excluding carboxylic acids is 3. The Morgan fingerprint density at radius 2 is 1.75 bits per heavy atom. The Morgan fingerprint density at radius 1 is 1.11 bits per heavy atom. The van der Waals surface area contributed by atoms with E-state index in [2.05, 4.69) is 11.4 Å².